The maximum Gasteiger partial charge on any atom is 0.228 e. The molecular weight excluding hydrogens is 276 g/mol. The molecule has 0 N–H and O–H groups in total. The van der Waals surface area contributed by atoms with Crippen molar-refractivity contribution >= 4 is 11.4 Å². The summed E-state index contributed by atoms with van der Waals surface area (Å²) in [4.78, 5) is 23.7. The van der Waals surface area contributed by atoms with Gasteiger partial charge in [0.15, 0.2) is 0 Å². The van der Waals surface area contributed by atoms with Crippen LogP contribution in [0.1, 0.15) is 57.6 Å². The van der Waals surface area contributed by atoms with Crippen LogP contribution < -0.4 is 0 Å². The number of hydrogen-bond acceptors (Lipinski definition) is 3. The van der Waals surface area contributed by atoms with Gasteiger partial charge in [-0.25, -0.2) is 9.97 Å². The monoisotopic (exact) mass is 300 g/mol. The average molecular weight is 300 g/mol. The lowest BCUT2D eigenvalue weighted by molar-refractivity contribution is -0.143. The number of fused-ring (bicyclic) bond motifs is 1. The lowest BCUT2D eigenvalue weighted by atomic mass is 9.90. The van der Waals surface area contributed by atoms with E-state index in [-0.39, 0.29) is 17.4 Å². The van der Waals surface area contributed by atoms with E-state index >= 15 is 0 Å². The zero-order valence-corrected chi connectivity index (χ0v) is 13.8. The third-order valence-corrected chi connectivity index (χ3v) is 4.35. The highest BCUT2D eigenvalue weighted by atomic mass is 16.2. The smallest absolute Gasteiger partial charge is 0.228 e. The first kappa shape index (κ1) is 15.0. The van der Waals surface area contributed by atoms with Crippen molar-refractivity contribution in [1.29, 1.82) is 0 Å². The Morgan fingerprint density at radius 3 is 2.82 bits per heavy atom. The number of likely N-dealkylation sites (tertiary alicyclic amines) is 1. The molecule has 1 atom stereocenters. The number of amides is 1. The number of piperidine rings is 1. The normalized spacial score (nSPS) is 19.6. The molecule has 2 aromatic rings. The van der Waals surface area contributed by atoms with Crippen LogP contribution in [0.5, 0.6) is 0 Å². The summed E-state index contributed by atoms with van der Waals surface area (Å²) in [6, 6.07) is 2.15. The molecule has 0 aromatic carbocycles. The highest BCUT2D eigenvalue weighted by Gasteiger charge is 2.35. The first-order chi connectivity index (χ1) is 10.4. The van der Waals surface area contributed by atoms with E-state index in [4.69, 9.17) is 4.98 Å². The lowest BCUT2D eigenvalue weighted by Gasteiger charge is -2.39. The summed E-state index contributed by atoms with van der Waals surface area (Å²) in [6.45, 7) is 8.77. The number of aryl methyl sites for hydroxylation is 1. The van der Waals surface area contributed by atoms with Crippen LogP contribution in [0.3, 0.4) is 0 Å². The third kappa shape index (κ3) is 2.60. The number of hydrogen-bond donors (Lipinski definition) is 0. The molecule has 22 heavy (non-hydrogen) atoms. The van der Waals surface area contributed by atoms with E-state index in [2.05, 4.69) is 11.1 Å². The summed E-state index contributed by atoms with van der Waals surface area (Å²) < 4.78 is 1.97. The first-order valence-electron chi connectivity index (χ1n) is 7.98. The molecule has 5 nitrogen and oxygen atoms in total. The van der Waals surface area contributed by atoms with Crippen molar-refractivity contribution in [1.82, 2.24) is 19.3 Å². The Bertz CT molecular complexity index is 698. The Hall–Kier alpha value is -1.91. The van der Waals surface area contributed by atoms with Crippen LogP contribution in [0.2, 0.25) is 0 Å². The molecule has 3 heterocycles. The first-order valence-corrected chi connectivity index (χ1v) is 7.98. The fourth-order valence-electron chi connectivity index (χ4n) is 3.19. The highest BCUT2D eigenvalue weighted by molar-refractivity contribution is 5.82. The third-order valence-electron chi connectivity index (χ3n) is 4.35. The summed E-state index contributed by atoms with van der Waals surface area (Å²) >= 11 is 0. The molecule has 118 valence electrons. The van der Waals surface area contributed by atoms with Crippen molar-refractivity contribution < 1.29 is 4.79 Å². The molecule has 1 aliphatic heterocycles. The lowest BCUT2D eigenvalue weighted by Crippen LogP contribution is -2.44. The van der Waals surface area contributed by atoms with Crippen molar-refractivity contribution in [2.75, 3.05) is 6.54 Å². The van der Waals surface area contributed by atoms with E-state index in [1.54, 1.807) is 6.33 Å². The molecule has 0 radical (unpaired) electrons. The van der Waals surface area contributed by atoms with E-state index in [1.807, 2.05) is 43.2 Å². The molecule has 1 fully saturated rings. The molecule has 1 amide bonds. The van der Waals surface area contributed by atoms with Crippen molar-refractivity contribution in [2.24, 2.45) is 5.41 Å². The summed E-state index contributed by atoms with van der Waals surface area (Å²) in [5.41, 5.74) is 1.67. The summed E-state index contributed by atoms with van der Waals surface area (Å²) in [7, 11) is 0. The average Bonchev–Trinajstić information content (AvgIpc) is 2.94. The van der Waals surface area contributed by atoms with Gasteiger partial charge in [-0.3, -0.25) is 9.20 Å². The minimum Gasteiger partial charge on any atom is -0.334 e. The topological polar surface area (TPSA) is 50.5 Å². The fourth-order valence-corrected chi connectivity index (χ4v) is 3.19. The number of aromatic nitrogens is 3. The zero-order valence-electron chi connectivity index (χ0n) is 13.8. The van der Waals surface area contributed by atoms with Crippen LogP contribution in [-0.4, -0.2) is 31.7 Å². The van der Waals surface area contributed by atoms with E-state index in [9.17, 15) is 4.79 Å². The molecule has 0 aliphatic carbocycles. The van der Waals surface area contributed by atoms with Gasteiger partial charge in [-0.05, 0) is 32.3 Å². The minimum atomic E-state index is -0.356. The predicted octanol–water partition coefficient (Wildman–Crippen LogP) is 3.14. The second-order valence-electron chi connectivity index (χ2n) is 7.18. The molecule has 1 aliphatic rings. The van der Waals surface area contributed by atoms with Crippen molar-refractivity contribution in [3.8, 4) is 0 Å². The van der Waals surface area contributed by atoms with Gasteiger partial charge in [-0.15, -0.1) is 0 Å². The van der Waals surface area contributed by atoms with Gasteiger partial charge in [0.2, 0.25) is 5.91 Å². The largest absolute Gasteiger partial charge is 0.334 e. The zero-order chi connectivity index (χ0) is 15.9. The van der Waals surface area contributed by atoms with Gasteiger partial charge < -0.3 is 4.90 Å². The van der Waals surface area contributed by atoms with Gasteiger partial charge in [0.25, 0.3) is 0 Å². The Balaban J connectivity index is 2.00. The number of imidazole rings is 1. The Kier molecular flexibility index (Phi) is 3.67. The van der Waals surface area contributed by atoms with E-state index in [0.717, 1.165) is 42.8 Å². The van der Waals surface area contributed by atoms with Crippen LogP contribution in [0.4, 0.5) is 0 Å². The maximum absolute atomic E-state index is 12.8. The molecule has 5 heteroatoms. The highest BCUT2D eigenvalue weighted by Crippen LogP contribution is 2.34. The number of carbonyl (C=O) groups is 1. The van der Waals surface area contributed by atoms with Crippen molar-refractivity contribution in [2.45, 2.75) is 53.0 Å². The SMILES string of the molecule is Cc1nc(C2CCCCN2C(=O)C(C)(C)C)cc2cncn12. The summed E-state index contributed by atoms with van der Waals surface area (Å²) in [5, 5.41) is 0. The van der Waals surface area contributed by atoms with Crippen LogP contribution in [-0.2, 0) is 4.79 Å². The molecule has 1 unspecified atom stereocenters. The van der Waals surface area contributed by atoms with Crippen molar-refractivity contribution in [3.05, 3.63) is 30.1 Å². The second-order valence-corrected chi connectivity index (χ2v) is 7.18. The standard InChI is InChI=1S/C17H24N4O/c1-12-19-14(9-13-10-18-11-21(12)13)15-7-5-6-8-20(15)16(22)17(2,3)4/h9-11,15H,5-8H2,1-4H3. The molecule has 1 saturated heterocycles. The van der Waals surface area contributed by atoms with Crippen molar-refractivity contribution in [3.63, 3.8) is 0 Å². The van der Waals surface area contributed by atoms with Crippen LogP contribution >= 0.6 is 0 Å². The Morgan fingerprint density at radius 2 is 2.09 bits per heavy atom. The summed E-state index contributed by atoms with van der Waals surface area (Å²) in [6.07, 6.45) is 6.83. The quantitative estimate of drug-likeness (QED) is 0.813. The Morgan fingerprint density at radius 1 is 1.32 bits per heavy atom. The molecule has 0 spiro atoms. The van der Waals surface area contributed by atoms with Gasteiger partial charge >= 0.3 is 0 Å². The molecular formula is C17H24N4O. The van der Waals surface area contributed by atoms with Crippen LogP contribution in [0.15, 0.2) is 18.6 Å². The molecule has 3 rings (SSSR count). The van der Waals surface area contributed by atoms with Gasteiger partial charge in [0, 0.05) is 12.0 Å². The minimum absolute atomic E-state index is 0.0825. The summed E-state index contributed by atoms with van der Waals surface area (Å²) in [5.74, 6) is 1.13. The van der Waals surface area contributed by atoms with Crippen LogP contribution in [0, 0.1) is 12.3 Å². The van der Waals surface area contributed by atoms with Gasteiger partial charge in [-0.1, -0.05) is 20.8 Å². The number of rotatable bonds is 1. The van der Waals surface area contributed by atoms with Gasteiger partial charge in [0.1, 0.15) is 12.2 Å². The second kappa shape index (κ2) is 5.38. The van der Waals surface area contributed by atoms with E-state index in [0.29, 0.717) is 0 Å². The number of nitrogens with zero attached hydrogens (tertiary/aromatic N) is 4. The fraction of sp³-hybridized carbons (Fsp3) is 0.588. The van der Waals surface area contributed by atoms with E-state index in [1.165, 1.54) is 0 Å². The van der Waals surface area contributed by atoms with Crippen LogP contribution in [0.25, 0.3) is 5.52 Å². The molecule has 0 saturated carbocycles. The number of carbonyl (C=O) groups excluding carboxylic acids is 1. The predicted molar refractivity (Wildman–Crippen MR) is 85.5 cm³/mol. The van der Waals surface area contributed by atoms with Gasteiger partial charge in [0.05, 0.1) is 23.4 Å². The molecule has 2 aromatic heterocycles. The maximum atomic E-state index is 12.8. The van der Waals surface area contributed by atoms with E-state index < -0.39 is 0 Å². The Labute approximate surface area is 131 Å². The van der Waals surface area contributed by atoms with Gasteiger partial charge in [-0.2, -0.15) is 0 Å². The molecule has 0 bridgehead atoms.